The first-order valence-corrected chi connectivity index (χ1v) is 32.0. The second-order valence-electron chi connectivity index (χ2n) is 24.9. The van der Waals surface area contributed by atoms with Gasteiger partial charge in [-0.1, -0.05) is 175 Å². The standard InChI is InChI=1S/C77H66N9O3.Ir/c1-4-17-59(18-5-1)63-31-34-66-72-75(63)88-85-44-38-56-27-25-53-14-10-15-55-37-43-84-69(47-55)81-52-80(68-36-33-64(76(87-84)73(68)81)60-19-6-2-7-20-60)42-13-24-62-46-54(16-11-40-78(66)50-82(72)70(85)48-56)29-30-58(62)23-12-41-79-51-83-71-49-57(28-26-53)39-45-86(71)89-77-65(32-35-67(79)74(77)83)61-21-8-3-9-22-61;/h1-9,17-22,29-39,43-46,50-53H,10-16,23-28,40-42H2;/q-3;. The summed E-state index contributed by atoms with van der Waals surface area (Å²) in [5.41, 5.74) is 21.1. The molecule has 0 aliphatic carbocycles. The summed E-state index contributed by atoms with van der Waals surface area (Å²) < 4.78 is 5.76. The molecule has 10 aromatic rings. The fourth-order valence-electron chi connectivity index (χ4n) is 14.9. The molecule has 10 aliphatic rings. The fraction of sp³-hybridized carbons (Fsp3) is 0.221. The van der Waals surface area contributed by atoms with Crippen LogP contribution in [0.15, 0.2) is 182 Å². The van der Waals surface area contributed by atoms with Crippen LogP contribution >= 0.6 is 0 Å². The van der Waals surface area contributed by atoms with Crippen LogP contribution in [-0.2, 0) is 58.6 Å². The third kappa shape index (κ3) is 9.53. The number of benzene rings is 7. The largest absolute Gasteiger partial charge is 0.478 e. The number of aromatic nitrogens is 3. The summed E-state index contributed by atoms with van der Waals surface area (Å²) in [6.07, 6.45) is 18.8. The third-order valence-electron chi connectivity index (χ3n) is 19.5. The monoisotopic (exact) mass is 1360 g/mol. The van der Waals surface area contributed by atoms with Gasteiger partial charge in [-0.25, -0.2) is 16.7 Å². The first kappa shape index (κ1) is 54.9. The SMILES string of the molecule is [Ir].[c-]1c2cc[n+]3c1N1[CH-]N(CCCc4ccc5c(c4)CCCN4[CH-]N6c7c4ccc(-c4ccccc4)c7O[n+]4ccc([c-]c46)CCCC(CC2)CCc2[c-]c4[n+](cc2)Oc2c(-c6ccccc6)ccc6c2N4[CH-]N6CCC5)c2ccc(-c4ccccc4)c(c21)O3. The van der Waals surface area contributed by atoms with Crippen LogP contribution in [0.1, 0.15) is 78.3 Å². The van der Waals surface area contributed by atoms with Gasteiger partial charge < -0.3 is 29.4 Å². The molecule has 0 saturated carbocycles. The van der Waals surface area contributed by atoms with E-state index in [0.29, 0.717) is 5.92 Å². The van der Waals surface area contributed by atoms with Crippen LogP contribution in [0.5, 0.6) is 17.2 Å². The van der Waals surface area contributed by atoms with Crippen molar-refractivity contribution in [1.82, 2.24) is 0 Å². The molecule has 449 valence electrons. The maximum atomic E-state index is 6.98. The molecule has 1 unspecified atom stereocenters. The third-order valence-corrected chi connectivity index (χ3v) is 19.5. The van der Waals surface area contributed by atoms with E-state index in [1.807, 2.05) is 14.2 Å². The quantitative estimate of drug-likeness (QED) is 0.127. The zero-order valence-corrected chi connectivity index (χ0v) is 52.4. The summed E-state index contributed by atoms with van der Waals surface area (Å²) in [5.74, 6) is 5.70. The average molecular weight is 1360 g/mol. The van der Waals surface area contributed by atoms with Crippen molar-refractivity contribution >= 4 is 51.6 Å². The van der Waals surface area contributed by atoms with Gasteiger partial charge in [0.25, 0.3) is 0 Å². The van der Waals surface area contributed by atoms with Gasteiger partial charge in [-0.2, -0.15) is 18.2 Å². The number of nitrogens with zero attached hydrogens (tertiary/aromatic N) is 9. The smallest absolute Gasteiger partial charge is 0.234 e. The van der Waals surface area contributed by atoms with Gasteiger partial charge in [-0.15, -0.1) is 18.2 Å². The minimum atomic E-state index is 0. The summed E-state index contributed by atoms with van der Waals surface area (Å²) in [6, 6.07) is 71.3. The average Bonchev–Trinajstić information content (AvgIpc) is 1.55. The van der Waals surface area contributed by atoms with Gasteiger partial charge in [-0.05, 0) is 147 Å². The van der Waals surface area contributed by atoms with E-state index in [4.69, 9.17) is 14.5 Å². The van der Waals surface area contributed by atoms with E-state index in [1.165, 1.54) is 33.4 Å². The van der Waals surface area contributed by atoms with Crippen LogP contribution < -0.4 is 58.1 Å². The van der Waals surface area contributed by atoms with E-state index < -0.39 is 0 Å². The van der Waals surface area contributed by atoms with E-state index in [2.05, 4.69) is 250 Å². The van der Waals surface area contributed by atoms with Crippen molar-refractivity contribution in [2.24, 2.45) is 5.92 Å². The van der Waals surface area contributed by atoms with Gasteiger partial charge >= 0.3 is 0 Å². The summed E-state index contributed by atoms with van der Waals surface area (Å²) in [4.78, 5) is 35.2. The Labute approximate surface area is 540 Å². The van der Waals surface area contributed by atoms with Crippen molar-refractivity contribution in [1.29, 1.82) is 0 Å². The molecule has 1 radical (unpaired) electrons. The minimum Gasteiger partial charge on any atom is -0.478 e. The van der Waals surface area contributed by atoms with Crippen molar-refractivity contribution in [2.45, 2.75) is 83.5 Å². The van der Waals surface area contributed by atoms with Crippen LogP contribution in [0.4, 0.5) is 51.6 Å². The van der Waals surface area contributed by atoms with Crippen molar-refractivity contribution in [3.63, 3.8) is 0 Å². The predicted molar refractivity (Wildman–Crippen MR) is 346 cm³/mol. The van der Waals surface area contributed by atoms with Gasteiger partial charge in [0.1, 0.15) is 0 Å². The molecule has 16 bridgehead atoms. The van der Waals surface area contributed by atoms with Crippen LogP contribution in [0.2, 0.25) is 0 Å². The predicted octanol–water partition coefficient (Wildman–Crippen LogP) is 14.4. The van der Waals surface area contributed by atoms with Crippen LogP contribution in [0.25, 0.3) is 33.4 Å². The molecule has 0 amide bonds. The first-order valence-electron chi connectivity index (χ1n) is 32.0. The number of aryl methyl sites for hydroxylation is 6. The van der Waals surface area contributed by atoms with E-state index in [9.17, 15) is 0 Å². The molecule has 0 N–H and O–H groups in total. The van der Waals surface area contributed by atoms with Crippen molar-refractivity contribution in [2.75, 3.05) is 49.0 Å². The molecular weight excluding hydrogens is 1290 g/mol. The van der Waals surface area contributed by atoms with Gasteiger partial charge in [-0.3, -0.25) is 14.5 Å². The summed E-state index contributed by atoms with van der Waals surface area (Å²) in [6.45, 7) is 9.45. The topological polar surface area (TPSA) is 58.8 Å². The van der Waals surface area contributed by atoms with Crippen LogP contribution in [-0.4, -0.2) is 19.6 Å². The van der Waals surface area contributed by atoms with Crippen molar-refractivity contribution in [3.8, 4) is 50.6 Å². The first-order chi connectivity index (χ1) is 44.1. The molecule has 0 fully saturated rings. The molecule has 13 heteroatoms. The Bertz CT molecular complexity index is 4430. The molecule has 1 atom stereocenters. The van der Waals surface area contributed by atoms with Gasteiger partial charge in [0.2, 0.25) is 34.7 Å². The number of anilines is 9. The second kappa shape index (κ2) is 22.7. The molecule has 3 aromatic heterocycles. The summed E-state index contributed by atoms with van der Waals surface area (Å²) in [5, 5.41) is 0. The number of rotatable bonds is 3. The number of pyridine rings is 3. The van der Waals surface area contributed by atoms with E-state index in [0.717, 1.165) is 205 Å². The molecule has 13 heterocycles. The van der Waals surface area contributed by atoms with Crippen LogP contribution in [0, 0.1) is 44.1 Å². The Kier molecular flexibility index (Phi) is 13.9. The number of hydrogen-bond donors (Lipinski definition) is 0. The minimum absolute atomic E-state index is 0. The molecule has 0 saturated heterocycles. The van der Waals surface area contributed by atoms with E-state index >= 15 is 0 Å². The Morgan fingerprint density at radius 2 is 0.778 bits per heavy atom. The molecule has 0 spiro atoms. The molecule has 90 heavy (non-hydrogen) atoms. The van der Waals surface area contributed by atoms with Crippen molar-refractivity contribution in [3.05, 3.63) is 254 Å². The normalized spacial score (nSPS) is 17.5. The van der Waals surface area contributed by atoms with Crippen molar-refractivity contribution < 1.29 is 48.8 Å². The maximum Gasteiger partial charge on any atom is 0.234 e. The fourth-order valence-corrected chi connectivity index (χ4v) is 14.9. The zero-order valence-electron chi connectivity index (χ0n) is 50.0. The van der Waals surface area contributed by atoms with Crippen LogP contribution in [0.3, 0.4) is 0 Å². The second-order valence-corrected chi connectivity index (χ2v) is 24.9. The maximum absolute atomic E-state index is 6.98. The zero-order chi connectivity index (χ0) is 58.5. The van der Waals surface area contributed by atoms with Gasteiger partial charge in [0, 0.05) is 36.8 Å². The van der Waals surface area contributed by atoms with Gasteiger partial charge in [0.15, 0.2) is 17.1 Å². The van der Waals surface area contributed by atoms with E-state index in [1.54, 1.807) is 0 Å². The Morgan fingerprint density at radius 1 is 0.378 bits per heavy atom. The molecule has 7 aromatic carbocycles. The molecular formula is C77H66IrN9O3-3. The Morgan fingerprint density at radius 3 is 1.21 bits per heavy atom. The van der Waals surface area contributed by atoms with Gasteiger partial charge in [0.05, 0.1) is 35.7 Å². The summed E-state index contributed by atoms with van der Waals surface area (Å²) in [7, 11) is 0. The van der Waals surface area contributed by atoms with E-state index in [-0.39, 0.29) is 20.1 Å². The Hall–Kier alpha value is -9.16. The number of fused-ring (bicyclic) bond motifs is 5. The molecule has 12 nitrogen and oxygen atoms in total. The molecule has 10 aliphatic heterocycles. The molecule has 20 rings (SSSR count). The Balaban J connectivity index is 0.00000624. The summed E-state index contributed by atoms with van der Waals surface area (Å²) >= 11 is 0. The number of hydrogen-bond acceptors (Lipinski definition) is 9.